The number of nitrogens with one attached hydrogen (secondary N) is 1. The quantitative estimate of drug-likeness (QED) is 0.849. The predicted molar refractivity (Wildman–Crippen MR) is 82.7 cm³/mol. The van der Waals surface area contributed by atoms with E-state index in [2.05, 4.69) is 20.9 Å². The molecule has 20 heavy (non-hydrogen) atoms. The molecular formula is C13H15BrFN3OS. The van der Waals surface area contributed by atoms with Gasteiger partial charge in [0, 0.05) is 19.2 Å². The van der Waals surface area contributed by atoms with Crippen molar-refractivity contribution >= 4 is 45.1 Å². The van der Waals surface area contributed by atoms with Crippen molar-refractivity contribution in [3.8, 4) is 0 Å². The van der Waals surface area contributed by atoms with Crippen molar-refractivity contribution < 1.29 is 9.18 Å². The van der Waals surface area contributed by atoms with Gasteiger partial charge in [0.15, 0.2) is 4.77 Å². The number of halogens is 2. The Morgan fingerprint density at radius 1 is 1.45 bits per heavy atom. The van der Waals surface area contributed by atoms with Crippen LogP contribution in [0.3, 0.4) is 0 Å². The largest absolute Gasteiger partial charge is 0.342 e. The maximum Gasteiger partial charge on any atom is 0.242 e. The van der Waals surface area contributed by atoms with Crippen LogP contribution in [0.5, 0.6) is 0 Å². The van der Waals surface area contributed by atoms with Crippen LogP contribution in [0.15, 0.2) is 16.6 Å². The molecule has 1 N–H and O–H groups in total. The van der Waals surface area contributed by atoms with Crippen LogP contribution in [0, 0.1) is 10.6 Å². The fraction of sp³-hybridized carbons (Fsp3) is 0.385. The molecule has 0 bridgehead atoms. The number of rotatable bonds is 4. The molecule has 0 spiro atoms. The Balaban J connectivity index is 2.44. The third kappa shape index (κ3) is 2.78. The second-order valence-corrected chi connectivity index (χ2v) is 5.61. The molecule has 4 nitrogen and oxygen atoms in total. The summed E-state index contributed by atoms with van der Waals surface area (Å²) in [5.74, 6) is -0.411. The molecule has 0 radical (unpaired) electrons. The van der Waals surface area contributed by atoms with Crippen LogP contribution in [0.4, 0.5) is 4.39 Å². The van der Waals surface area contributed by atoms with Crippen molar-refractivity contribution in [2.45, 2.75) is 20.4 Å². The number of benzene rings is 1. The van der Waals surface area contributed by atoms with Crippen LogP contribution in [-0.4, -0.2) is 33.4 Å². The predicted octanol–water partition coefficient (Wildman–Crippen LogP) is 3.47. The third-order valence-corrected chi connectivity index (χ3v) is 4.16. The van der Waals surface area contributed by atoms with Crippen molar-refractivity contribution in [2.24, 2.45) is 0 Å². The van der Waals surface area contributed by atoms with E-state index < -0.39 is 0 Å². The van der Waals surface area contributed by atoms with Gasteiger partial charge in [-0.1, -0.05) is 0 Å². The molecule has 0 saturated heterocycles. The molecule has 1 aromatic carbocycles. The molecule has 2 aromatic rings. The standard InChI is InChI=1S/C13H15BrFN3OS/c1-3-17(4-2)12(19)7-18-11-6-9(15)8(14)5-10(11)16-13(18)20/h5-6H,3-4,7H2,1-2H3,(H,16,20). The monoisotopic (exact) mass is 359 g/mol. The zero-order valence-corrected chi connectivity index (χ0v) is 13.6. The highest BCUT2D eigenvalue weighted by Gasteiger charge is 2.14. The van der Waals surface area contributed by atoms with Crippen LogP contribution in [0.2, 0.25) is 0 Å². The number of nitrogens with zero attached hydrogens (tertiary/aromatic N) is 2. The molecule has 7 heteroatoms. The van der Waals surface area contributed by atoms with Gasteiger partial charge in [0.2, 0.25) is 5.91 Å². The lowest BCUT2D eigenvalue weighted by Gasteiger charge is -2.19. The lowest BCUT2D eigenvalue weighted by Crippen LogP contribution is -2.33. The van der Waals surface area contributed by atoms with Crippen LogP contribution >= 0.6 is 28.1 Å². The minimum Gasteiger partial charge on any atom is -0.342 e. The van der Waals surface area contributed by atoms with Gasteiger partial charge in [-0.05, 0) is 48.1 Å². The van der Waals surface area contributed by atoms with Gasteiger partial charge in [-0.3, -0.25) is 4.79 Å². The Kier molecular flexibility index (Phi) is 4.59. The summed E-state index contributed by atoms with van der Waals surface area (Å²) in [6.07, 6.45) is 0. The summed E-state index contributed by atoms with van der Waals surface area (Å²) < 4.78 is 16.1. The van der Waals surface area contributed by atoms with Gasteiger partial charge < -0.3 is 14.5 Å². The summed E-state index contributed by atoms with van der Waals surface area (Å²) in [5.41, 5.74) is 1.30. The van der Waals surface area contributed by atoms with Gasteiger partial charge >= 0.3 is 0 Å². The van der Waals surface area contributed by atoms with E-state index in [4.69, 9.17) is 12.2 Å². The number of likely N-dealkylation sites (N-methyl/N-ethyl adjacent to an activating group) is 1. The number of fused-ring (bicyclic) bond motifs is 1. The number of hydrogen-bond donors (Lipinski definition) is 1. The Labute approximate surface area is 129 Å². The van der Waals surface area contributed by atoms with Gasteiger partial charge in [0.25, 0.3) is 0 Å². The van der Waals surface area contributed by atoms with Gasteiger partial charge in [0.1, 0.15) is 12.4 Å². The summed E-state index contributed by atoms with van der Waals surface area (Å²) in [6.45, 7) is 5.25. The number of carbonyl (C=O) groups is 1. The highest BCUT2D eigenvalue weighted by atomic mass is 79.9. The lowest BCUT2D eigenvalue weighted by atomic mass is 10.3. The van der Waals surface area contributed by atoms with Gasteiger partial charge in [-0.15, -0.1) is 0 Å². The summed E-state index contributed by atoms with van der Waals surface area (Å²) in [4.78, 5) is 16.9. The molecular weight excluding hydrogens is 345 g/mol. The Morgan fingerprint density at radius 2 is 2.10 bits per heavy atom. The number of aromatic amines is 1. The van der Waals surface area contributed by atoms with Crippen LogP contribution in [-0.2, 0) is 11.3 Å². The van der Waals surface area contributed by atoms with E-state index in [0.29, 0.717) is 33.4 Å². The fourth-order valence-electron chi connectivity index (χ4n) is 2.12. The van der Waals surface area contributed by atoms with E-state index in [0.717, 1.165) is 0 Å². The molecule has 1 aromatic heterocycles. The molecule has 1 heterocycles. The first-order valence-corrected chi connectivity index (χ1v) is 7.53. The topological polar surface area (TPSA) is 41.0 Å². The SMILES string of the molecule is CCN(CC)C(=O)Cn1c(=S)[nH]c2cc(Br)c(F)cc21. The minimum absolute atomic E-state index is 0.0321. The number of carbonyl (C=O) groups excluding carboxylic acids is 1. The average Bonchev–Trinajstić information content (AvgIpc) is 2.68. The second kappa shape index (κ2) is 6.05. The Bertz CT molecular complexity index is 705. The fourth-order valence-corrected chi connectivity index (χ4v) is 2.74. The molecule has 2 rings (SSSR count). The Hall–Kier alpha value is -1.21. The summed E-state index contributed by atoms with van der Waals surface area (Å²) in [6, 6.07) is 3.00. The first-order valence-electron chi connectivity index (χ1n) is 6.33. The van der Waals surface area contributed by atoms with Crippen molar-refractivity contribution in [3.63, 3.8) is 0 Å². The highest BCUT2D eigenvalue weighted by molar-refractivity contribution is 9.10. The minimum atomic E-state index is -0.379. The van der Waals surface area contributed by atoms with Crippen LogP contribution in [0.1, 0.15) is 13.8 Å². The number of amides is 1. The second-order valence-electron chi connectivity index (χ2n) is 4.37. The van der Waals surface area contributed by atoms with E-state index in [9.17, 15) is 9.18 Å². The number of aromatic nitrogens is 2. The molecule has 0 atom stereocenters. The van der Waals surface area contributed by atoms with E-state index in [1.807, 2.05) is 13.8 Å². The van der Waals surface area contributed by atoms with Gasteiger partial charge in [-0.25, -0.2) is 4.39 Å². The normalized spacial score (nSPS) is 11.0. The molecule has 0 fully saturated rings. The van der Waals surface area contributed by atoms with E-state index in [-0.39, 0.29) is 18.3 Å². The van der Waals surface area contributed by atoms with Crippen molar-refractivity contribution in [1.82, 2.24) is 14.5 Å². The van der Waals surface area contributed by atoms with E-state index in [1.54, 1.807) is 15.5 Å². The maximum atomic E-state index is 13.7. The molecule has 0 aliphatic heterocycles. The number of imidazole rings is 1. The zero-order chi connectivity index (χ0) is 14.9. The maximum absolute atomic E-state index is 13.7. The zero-order valence-electron chi connectivity index (χ0n) is 11.2. The van der Waals surface area contributed by atoms with E-state index >= 15 is 0 Å². The van der Waals surface area contributed by atoms with Crippen molar-refractivity contribution in [1.29, 1.82) is 0 Å². The van der Waals surface area contributed by atoms with Gasteiger partial charge in [-0.2, -0.15) is 0 Å². The summed E-state index contributed by atoms with van der Waals surface area (Å²) in [7, 11) is 0. The Morgan fingerprint density at radius 3 is 2.70 bits per heavy atom. The van der Waals surface area contributed by atoms with Crippen molar-refractivity contribution in [3.05, 3.63) is 27.2 Å². The number of hydrogen-bond acceptors (Lipinski definition) is 2. The van der Waals surface area contributed by atoms with Crippen LogP contribution < -0.4 is 0 Å². The molecule has 0 saturated carbocycles. The first kappa shape index (κ1) is 15.2. The first-order chi connectivity index (χ1) is 9.47. The van der Waals surface area contributed by atoms with Crippen molar-refractivity contribution in [2.75, 3.05) is 13.1 Å². The molecule has 108 valence electrons. The molecule has 0 aliphatic carbocycles. The van der Waals surface area contributed by atoms with Gasteiger partial charge in [0.05, 0.1) is 15.5 Å². The summed E-state index contributed by atoms with van der Waals surface area (Å²) >= 11 is 8.35. The molecule has 0 aliphatic rings. The highest BCUT2D eigenvalue weighted by Crippen LogP contribution is 2.23. The smallest absolute Gasteiger partial charge is 0.242 e. The number of H-pyrrole nitrogens is 1. The third-order valence-electron chi connectivity index (χ3n) is 3.23. The molecule has 0 unspecified atom stereocenters. The average molecular weight is 360 g/mol. The van der Waals surface area contributed by atoms with E-state index in [1.165, 1.54) is 6.07 Å². The summed E-state index contributed by atoms with van der Waals surface area (Å²) in [5, 5.41) is 0. The van der Waals surface area contributed by atoms with Crippen LogP contribution in [0.25, 0.3) is 11.0 Å². The lowest BCUT2D eigenvalue weighted by molar-refractivity contribution is -0.131. The molecule has 1 amide bonds.